The van der Waals surface area contributed by atoms with Gasteiger partial charge in [0.15, 0.2) is 5.78 Å². The maximum absolute atomic E-state index is 11.7. The molecule has 1 fully saturated rings. The molecule has 0 aliphatic heterocycles. The van der Waals surface area contributed by atoms with Crippen molar-refractivity contribution in [2.24, 2.45) is 17.3 Å². The fraction of sp³-hybridized carbons (Fsp3) is 0.750. The van der Waals surface area contributed by atoms with Gasteiger partial charge < -0.3 is 0 Å². The Labute approximate surface area is 94.1 Å². The van der Waals surface area contributed by atoms with E-state index >= 15 is 0 Å². The predicted octanol–water partition coefficient (Wildman–Crippen LogP) is 3.68. The van der Waals surface area contributed by atoms with E-state index in [1.165, 1.54) is 12.0 Å². The van der Waals surface area contributed by atoms with Crippen LogP contribution in [0.1, 0.15) is 40.0 Å². The Morgan fingerprint density at radius 2 is 2.14 bits per heavy atom. The van der Waals surface area contributed by atoms with E-state index in [0.29, 0.717) is 17.6 Å². The van der Waals surface area contributed by atoms with Crippen LogP contribution in [0.4, 0.5) is 0 Å². The van der Waals surface area contributed by atoms with Crippen LogP contribution in [0.25, 0.3) is 0 Å². The molecule has 2 aliphatic rings. The Kier molecular flexibility index (Phi) is 2.37. The fourth-order valence-corrected chi connectivity index (χ4v) is 4.17. The van der Waals surface area contributed by atoms with E-state index in [0.717, 1.165) is 17.3 Å². The predicted molar refractivity (Wildman–Crippen MR) is 61.2 cm³/mol. The van der Waals surface area contributed by atoms with E-state index in [-0.39, 0.29) is 5.41 Å². The first-order chi connectivity index (χ1) is 6.47. The van der Waals surface area contributed by atoms with Gasteiger partial charge in [-0.3, -0.25) is 4.79 Å². The Hall–Kier alpha value is -0.110. The molecule has 78 valence electrons. The maximum atomic E-state index is 11.7. The summed E-state index contributed by atoms with van der Waals surface area (Å²) in [4.78, 5) is 11.7. The summed E-state index contributed by atoms with van der Waals surface area (Å²) in [5.74, 6) is 1.69. The molecule has 1 saturated carbocycles. The molecule has 0 aromatic rings. The van der Waals surface area contributed by atoms with Crippen molar-refractivity contribution in [2.45, 2.75) is 40.0 Å². The van der Waals surface area contributed by atoms with Crippen molar-refractivity contribution in [3.8, 4) is 0 Å². The lowest BCUT2D eigenvalue weighted by atomic mass is 9.72. The number of carbonyl (C=O) groups excluding carboxylic acids is 1. The van der Waals surface area contributed by atoms with Crippen molar-refractivity contribution in [1.29, 1.82) is 0 Å². The second-order valence-corrected chi connectivity index (χ2v) is 5.99. The summed E-state index contributed by atoms with van der Waals surface area (Å²) in [5, 5.41) is 0. The maximum Gasteiger partial charge on any atom is 0.170 e. The van der Waals surface area contributed by atoms with E-state index < -0.39 is 0 Å². The summed E-state index contributed by atoms with van der Waals surface area (Å²) in [7, 11) is 0. The summed E-state index contributed by atoms with van der Waals surface area (Å²) in [5.41, 5.74) is 1.56. The molecule has 1 nitrogen and oxygen atoms in total. The van der Waals surface area contributed by atoms with Crippen LogP contribution in [0.5, 0.6) is 0 Å². The molecule has 14 heavy (non-hydrogen) atoms. The van der Waals surface area contributed by atoms with Crippen LogP contribution in [0.2, 0.25) is 0 Å². The second kappa shape index (κ2) is 3.19. The van der Waals surface area contributed by atoms with Crippen LogP contribution in [0, 0.1) is 17.3 Å². The molecule has 2 heteroatoms. The third kappa shape index (κ3) is 1.23. The second-order valence-electron chi connectivity index (χ2n) is 5.20. The third-order valence-electron chi connectivity index (χ3n) is 4.06. The van der Waals surface area contributed by atoms with Gasteiger partial charge in [0.2, 0.25) is 0 Å². The van der Waals surface area contributed by atoms with Gasteiger partial charge in [0.05, 0.1) is 4.48 Å². The van der Waals surface area contributed by atoms with Crippen molar-refractivity contribution in [3.63, 3.8) is 0 Å². The lowest BCUT2D eigenvalue weighted by Gasteiger charge is -2.31. The van der Waals surface area contributed by atoms with Crippen molar-refractivity contribution in [3.05, 3.63) is 10.1 Å². The van der Waals surface area contributed by atoms with Crippen molar-refractivity contribution in [2.75, 3.05) is 0 Å². The zero-order chi connectivity index (χ0) is 10.5. The fourth-order valence-electron chi connectivity index (χ4n) is 3.37. The molecule has 0 amide bonds. The molecule has 0 aromatic heterocycles. The molecule has 0 bridgehead atoms. The SMILES string of the molecule is CC(C)C1CCC2=C(Br)C(=O)CC21C. The molecule has 0 spiro atoms. The quantitative estimate of drug-likeness (QED) is 0.700. The third-order valence-corrected chi connectivity index (χ3v) is 4.98. The van der Waals surface area contributed by atoms with E-state index in [2.05, 4.69) is 36.7 Å². The number of allylic oxidation sites excluding steroid dienone is 2. The van der Waals surface area contributed by atoms with Gasteiger partial charge in [-0.05, 0) is 46.2 Å². The highest BCUT2D eigenvalue weighted by Gasteiger charge is 2.50. The minimum Gasteiger partial charge on any atom is -0.294 e. The van der Waals surface area contributed by atoms with Crippen molar-refractivity contribution in [1.82, 2.24) is 0 Å². The molecule has 2 atom stereocenters. The summed E-state index contributed by atoms with van der Waals surface area (Å²) in [6.45, 7) is 6.82. The van der Waals surface area contributed by atoms with Crippen LogP contribution in [-0.4, -0.2) is 5.78 Å². The van der Waals surface area contributed by atoms with Crippen LogP contribution in [0.3, 0.4) is 0 Å². The Bertz CT molecular complexity index is 316. The van der Waals surface area contributed by atoms with E-state index in [9.17, 15) is 4.79 Å². The minimum atomic E-state index is 0.171. The van der Waals surface area contributed by atoms with Gasteiger partial charge in [0.25, 0.3) is 0 Å². The Morgan fingerprint density at radius 3 is 2.71 bits per heavy atom. The molecule has 0 radical (unpaired) electrons. The number of carbonyl (C=O) groups is 1. The lowest BCUT2D eigenvalue weighted by Crippen LogP contribution is -2.26. The van der Waals surface area contributed by atoms with Crippen LogP contribution in [0.15, 0.2) is 10.1 Å². The van der Waals surface area contributed by atoms with E-state index in [1.54, 1.807) is 0 Å². The molecular weight excluding hydrogens is 240 g/mol. The molecule has 2 rings (SSSR count). The van der Waals surface area contributed by atoms with Crippen molar-refractivity contribution >= 4 is 21.7 Å². The average Bonchev–Trinajstić information content (AvgIpc) is 2.49. The number of ketones is 1. The van der Waals surface area contributed by atoms with Gasteiger partial charge in [0, 0.05) is 11.8 Å². The minimum absolute atomic E-state index is 0.171. The highest BCUT2D eigenvalue weighted by atomic mass is 79.9. The van der Waals surface area contributed by atoms with Gasteiger partial charge in [-0.25, -0.2) is 0 Å². The van der Waals surface area contributed by atoms with Gasteiger partial charge in [-0.1, -0.05) is 20.8 Å². The number of rotatable bonds is 1. The van der Waals surface area contributed by atoms with Gasteiger partial charge in [-0.2, -0.15) is 0 Å². The van der Waals surface area contributed by atoms with Crippen molar-refractivity contribution < 1.29 is 4.79 Å². The molecular formula is C12H17BrO. The largest absolute Gasteiger partial charge is 0.294 e. The number of fused-ring (bicyclic) bond motifs is 1. The molecule has 0 aromatic carbocycles. The highest BCUT2D eigenvalue weighted by molar-refractivity contribution is 9.12. The number of hydrogen-bond donors (Lipinski definition) is 0. The first-order valence-corrected chi connectivity index (χ1v) is 6.18. The first-order valence-electron chi connectivity index (χ1n) is 5.39. The molecule has 2 aliphatic carbocycles. The number of Topliss-reactive ketones (excluding diaryl/α,β-unsaturated/α-hetero) is 1. The monoisotopic (exact) mass is 256 g/mol. The Balaban J connectivity index is 2.40. The van der Waals surface area contributed by atoms with Crippen LogP contribution >= 0.6 is 15.9 Å². The van der Waals surface area contributed by atoms with Gasteiger partial charge >= 0.3 is 0 Å². The molecule has 2 unspecified atom stereocenters. The molecule has 0 heterocycles. The summed E-state index contributed by atoms with van der Waals surface area (Å²) >= 11 is 3.45. The highest BCUT2D eigenvalue weighted by Crippen LogP contribution is 2.58. The number of halogens is 1. The number of hydrogen-bond acceptors (Lipinski definition) is 1. The molecule has 0 saturated heterocycles. The van der Waals surface area contributed by atoms with Crippen LogP contribution in [-0.2, 0) is 4.79 Å². The van der Waals surface area contributed by atoms with Crippen LogP contribution < -0.4 is 0 Å². The zero-order valence-corrected chi connectivity index (χ0v) is 10.6. The lowest BCUT2D eigenvalue weighted by molar-refractivity contribution is -0.115. The smallest absolute Gasteiger partial charge is 0.170 e. The summed E-state index contributed by atoms with van der Waals surface area (Å²) in [6.07, 6.45) is 3.10. The van der Waals surface area contributed by atoms with Gasteiger partial charge in [-0.15, -0.1) is 0 Å². The Morgan fingerprint density at radius 1 is 1.50 bits per heavy atom. The summed E-state index contributed by atoms with van der Waals surface area (Å²) in [6, 6.07) is 0. The normalized spacial score (nSPS) is 37.2. The standard InChI is InChI=1S/C12H17BrO/c1-7(2)8-4-5-9-11(13)10(14)6-12(8,9)3/h7-8H,4-6H2,1-3H3. The summed E-state index contributed by atoms with van der Waals surface area (Å²) < 4.78 is 0.892. The topological polar surface area (TPSA) is 17.1 Å². The zero-order valence-electron chi connectivity index (χ0n) is 9.06. The van der Waals surface area contributed by atoms with E-state index in [1.807, 2.05) is 0 Å². The first kappa shape index (κ1) is 10.4. The van der Waals surface area contributed by atoms with E-state index in [4.69, 9.17) is 0 Å². The molecule has 0 N–H and O–H groups in total. The van der Waals surface area contributed by atoms with Gasteiger partial charge in [0.1, 0.15) is 0 Å². The average molecular weight is 257 g/mol.